The molecule has 58 valence electrons. The third-order valence-electron chi connectivity index (χ3n) is 1.33. The highest BCUT2D eigenvalue weighted by Gasteiger charge is 2.02. The Kier molecular flexibility index (Phi) is 3.22. The van der Waals surface area contributed by atoms with Crippen molar-refractivity contribution in [2.24, 2.45) is 4.99 Å². The maximum absolute atomic E-state index is 5.27. The van der Waals surface area contributed by atoms with E-state index in [0.29, 0.717) is 6.61 Å². The van der Waals surface area contributed by atoms with Gasteiger partial charge in [0.1, 0.15) is 12.4 Å². The lowest BCUT2D eigenvalue weighted by molar-refractivity contribution is 0.171. The van der Waals surface area contributed by atoms with Crippen LogP contribution in [-0.2, 0) is 4.74 Å². The summed E-state index contributed by atoms with van der Waals surface area (Å²) in [6, 6.07) is 0. The molecule has 3 heteroatoms. The number of nitrogens with one attached hydrogen (secondary N) is 1. The molecule has 0 aromatic rings. The number of nitrogens with zero attached hydrogens (tertiary/aromatic N) is 1. The molecule has 0 aliphatic carbocycles. The molecule has 0 unspecified atom stereocenters. The minimum atomic E-state index is 0.661. The average Bonchev–Trinajstić information content (AvgIpc) is 2.41. The van der Waals surface area contributed by atoms with Crippen molar-refractivity contribution in [1.29, 1.82) is 0 Å². The first kappa shape index (κ1) is 7.54. The number of hydrogen-bond acceptors (Lipinski definition) is 3. The summed E-state index contributed by atoms with van der Waals surface area (Å²) in [6.07, 6.45) is 1.08. The van der Waals surface area contributed by atoms with E-state index < -0.39 is 0 Å². The van der Waals surface area contributed by atoms with E-state index in [2.05, 4.69) is 17.2 Å². The predicted octanol–water partition coefficient (Wildman–Crippen LogP) is 0.415. The zero-order chi connectivity index (χ0) is 7.23. The van der Waals surface area contributed by atoms with Gasteiger partial charge in [-0.25, -0.2) is 0 Å². The van der Waals surface area contributed by atoms with Crippen LogP contribution in [0.15, 0.2) is 4.99 Å². The number of rotatable bonds is 4. The molecule has 0 spiro atoms. The van der Waals surface area contributed by atoms with Crippen molar-refractivity contribution in [1.82, 2.24) is 5.32 Å². The van der Waals surface area contributed by atoms with Gasteiger partial charge in [-0.05, 0) is 6.42 Å². The number of ether oxygens (including phenoxy) is 1. The van der Waals surface area contributed by atoms with Crippen molar-refractivity contribution in [2.75, 3.05) is 26.3 Å². The number of hydrogen-bond donors (Lipinski definition) is 1. The van der Waals surface area contributed by atoms with Gasteiger partial charge in [-0.1, -0.05) is 6.92 Å². The van der Waals surface area contributed by atoms with Crippen molar-refractivity contribution in [3.63, 3.8) is 0 Å². The van der Waals surface area contributed by atoms with Crippen LogP contribution in [0.1, 0.15) is 13.3 Å². The molecule has 0 radical (unpaired) electrons. The number of aliphatic imine (C=N–C) groups is 1. The van der Waals surface area contributed by atoms with Crippen LogP contribution in [0.4, 0.5) is 0 Å². The van der Waals surface area contributed by atoms with Gasteiger partial charge in [-0.3, -0.25) is 4.99 Å². The van der Waals surface area contributed by atoms with Crippen LogP contribution in [0.2, 0.25) is 0 Å². The Hall–Kier alpha value is -0.570. The summed E-state index contributed by atoms with van der Waals surface area (Å²) in [6.45, 7) is 5.48. The summed E-state index contributed by atoms with van der Waals surface area (Å²) in [4.78, 5) is 4.19. The summed E-state index contributed by atoms with van der Waals surface area (Å²) in [5.74, 6) is 1.01. The Morgan fingerprint density at radius 2 is 2.60 bits per heavy atom. The highest BCUT2D eigenvalue weighted by Crippen LogP contribution is 1.87. The van der Waals surface area contributed by atoms with Gasteiger partial charge in [-0.15, -0.1) is 0 Å². The monoisotopic (exact) mass is 142 g/mol. The zero-order valence-corrected chi connectivity index (χ0v) is 6.39. The molecule has 0 amide bonds. The van der Waals surface area contributed by atoms with E-state index in [9.17, 15) is 0 Å². The highest BCUT2D eigenvalue weighted by atomic mass is 16.5. The van der Waals surface area contributed by atoms with Crippen LogP contribution in [-0.4, -0.2) is 32.1 Å². The normalized spacial score (nSPS) is 16.7. The van der Waals surface area contributed by atoms with Crippen molar-refractivity contribution in [3.8, 4) is 0 Å². The third kappa shape index (κ3) is 2.35. The zero-order valence-electron chi connectivity index (χ0n) is 6.39. The molecule has 1 heterocycles. The lowest BCUT2D eigenvalue weighted by atomic mass is 10.5. The summed E-state index contributed by atoms with van der Waals surface area (Å²) in [7, 11) is 0. The van der Waals surface area contributed by atoms with Crippen molar-refractivity contribution in [3.05, 3.63) is 0 Å². The van der Waals surface area contributed by atoms with Gasteiger partial charge >= 0.3 is 0 Å². The third-order valence-corrected chi connectivity index (χ3v) is 1.33. The molecule has 0 aromatic heterocycles. The fourth-order valence-electron chi connectivity index (χ4n) is 0.857. The lowest BCUT2D eigenvalue weighted by Crippen LogP contribution is -2.23. The van der Waals surface area contributed by atoms with Crippen LogP contribution in [0.3, 0.4) is 0 Å². The van der Waals surface area contributed by atoms with Gasteiger partial charge in [0.05, 0.1) is 6.54 Å². The molecule has 10 heavy (non-hydrogen) atoms. The van der Waals surface area contributed by atoms with Crippen molar-refractivity contribution < 1.29 is 4.74 Å². The van der Waals surface area contributed by atoms with E-state index in [-0.39, 0.29) is 0 Å². The molecule has 1 aliphatic rings. The van der Waals surface area contributed by atoms with Crippen LogP contribution in [0.5, 0.6) is 0 Å². The molecule has 1 aliphatic heterocycles. The molecule has 0 fully saturated rings. The van der Waals surface area contributed by atoms with E-state index in [1.54, 1.807) is 0 Å². The van der Waals surface area contributed by atoms with E-state index in [0.717, 1.165) is 32.0 Å². The van der Waals surface area contributed by atoms with Crippen molar-refractivity contribution in [2.45, 2.75) is 13.3 Å². The van der Waals surface area contributed by atoms with Crippen molar-refractivity contribution >= 4 is 5.84 Å². The molecular formula is C7H14N2O. The molecule has 0 atom stereocenters. The fourth-order valence-corrected chi connectivity index (χ4v) is 0.857. The maximum Gasteiger partial charge on any atom is 0.123 e. The van der Waals surface area contributed by atoms with Gasteiger partial charge in [0.25, 0.3) is 0 Å². The van der Waals surface area contributed by atoms with Gasteiger partial charge in [0.15, 0.2) is 0 Å². The minimum Gasteiger partial charge on any atom is -0.374 e. The average molecular weight is 142 g/mol. The molecule has 1 N–H and O–H groups in total. The summed E-state index contributed by atoms with van der Waals surface area (Å²) in [5.41, 5.74) is 0. The lowest BCUT2D eigenvalue weighted by Gasteiger charge is -2.01. The Morgan fingerprint density at radius 3 is 3.20 bits per heavy atom. The summed E-state index contributed by atoms with van der Waals surface area (Å²) >= 11 is 0. The van der Waals surface area contributed by atoms with Gasteiger partial charge in [0.2, 0.25) is 0 Å². The van der Waals surface area contributed by atoms with Crippen LogP contribution < -0.4 is 5.32 Å². The molecule has 3 nitrogen and oxygen atoms in total. The summed E-state index contributed by atoms with van der Waals surface area (Å²) < 4.78 is 5.27. The first-order valence-electron chi connectivity index (χ1n) is 3.78. The highest BCUT2D eigenvalue weighted by molar-refractivity contribution is 5.84. The quantitative estimate of drug-likeness (QED) is 0.577. The smallest absolute Gasteiger partial charge is 0.123 e. The fraction of sp³-hybridized carbons (Fsp3) is 0.857. The molecule has 0 saturated heterocycles. The van der Waals surface area contributed by atoms with Gasteiger partial charge in [0, 0.05) is 13.2 Å². The largest absolute Gasteiger partial charge is 0.374 e. The molecule has 0 aromatic carbocycles. The van der Waals surface area contributed by atoms with Crippen LogP contribution >= 0.6 is 0 Å². The second-order valence-corrected chi connectivity index (χ2v) is 2.31. The van der Waals surface area contributed by atoms with Crippen LogP contribution in [0, 0.1) is 0 Å². The van der Waals surface area contributed by atoms with E-state index in [1.807, 2.05) is 0 Å². The Labute approximate surface area is 61.5 Å². The van der Waals surface area contributed by atoms with Crippen LogP contribution in [0.25, 0.3) is 0 Å². The van der Waals surface area contributed by atoms with Gasteiger partial charge in [-0.2, -0.15) is 0 Å². The minimum absolute atomic E-state index is 0.661. The molecule has 0 bridgehead atoms. The summed E-state index contributed by atoms with van der Waals surface area (Å²) in [5, 5.41) is 3.14. The topological polar surface area (TPSA) is 33.6 Å². The SMILES string of the molecule is CCCOCC1=NCCN1. The van der Waals surface area contributed by atoms with Gasteiger partial charge < -0.3 is 10.1 Å². The van der Waals surface area contributed by atoms with E-state index in [4.69, 9.17) is 4.74 Å². The Morgan fingerprint density at radius 1 is 1.70 bits per heavy atom. The standard InChI is InChI=1S/C7H14N2O/c1-2-5-10-6-7-8-3-4-9-7/h2-6H2,1H3,(H,8,9). The molecular weight excluding hydrogens is 128 g/mol. The second kappa shape index (κ2) is 4.28. The maximum atomic E-state index is 5.27. The first-order valence-corrected chi connectivity index (χ1v) is 3.78. The Bertz CT molecular complexity index is 123. The molecule has 1 rings (SSSR count). The second-order valence-electron chi connectivity index (χ2n) is 2.31. The van der Waals surface area contributed by atoms with E-state index >= 15 is 0 Å². The first-order chi connectivity index (χ1) is 4.93. The number of amidine groups is 1. The Balaban J connectivity index is 2.01. The predicted molar refractivity (Wildman–Crippen MR) is 41.4 cm³/mol. The van der Waals surface area contributed by atoms with E-state index in [1.165, 1.54) is 0 Å². The molecule has 0 saturated carbocycles.